The normalized spacial score (nSPS) is 18.0. The molecule has 0 radical (unpaired) electrons. The van der Waals surface area contributed by atoms with Crippen molar-refractivity contribution in [2.24, 2.45) is 0 Å². The summed E-state index contributed by atoms with van der Waals surface area (Å²) in [5, 5.41) is 11.9. The topological polar surface area (TPSA) is 59.4 Å². The molecule has 0 saturated carbocycles. The van der Waals surface area contributed by atoms with E-state index >= 15 is 0 Å². The Morgan fingerprint density at radius 2 is 1.79 bits per heavy atom. The van der Waals surface area contributed by atoms with Crippen LogP contribution in [0.25, 0.3) is 0 Å². The molecule has 1 aromatic rings. The second-order valence-corrected chi connectivity index (χ2v) is 7.54. The highest BCUT2D eigenvalue weighted by molar-refractivity contribution is 5.81. The van der Waals surface area contributed by atoms with Crippen LogP contribution in [0.4, 0.5) is 0 Å². The molecule has 2 rings (SSSR count). The smallest absolute Gasteiger partial charge is 0.237 e. The molecule has 1 heterocycles. The van der Waals surface area contributed by atoms with Gasteiger partial charge in [-0.05, 0) is 45.4 Å². The molecule has 24 heavy (non-hydrogen) atoms. The zero-order valence-corrected chi connectivity index (χ0v) is 15.2. The van der Waals surface area contributed by atoms with Gasteiger partial charge in [0.15, 0.2) is 0 Å². The third-order valence-corrected chi connectivity index (χ3v) is 4.32. The minimum atomic E-state index is -0.192. The first kappa shape index (κ1) is 18.4. The molecule has 0 spiro atoms. The zero-order chi connectivity index (χ0) is 17.7. The Morgan fingerprint density at radius 3 is 2.29 bits per heavy atom. The number of benzene rings is 1. The molecule has 0 aliphatic carbocycles. The van der Waals surface area contributed by atoms with Gasteiger partial charge < -0.3 is 5.32 Å². The van der Waals surface area contributed by atoms with Crippen molar-refractivity contribution in [1.82, 2.24) is 15.1 Å². The van der Waals surface area contributed by atoms with Crippen LogP contribution >= 0.6 is 0 Å². The summed E-state index contributed by atoms with van der Waals surface area (Å²) in [5.74, 6) is 0.100. The molecule has 5 heteroatoms. The Kier molecular flexibility index (Phi) is 5.98. The van der Waals surface area contributed by atoms with Gasteiger partial charge in [-0.3, -0.25) is 14.6 Å². The van der Waals surface area contributed by atoms with Crippen molar-refractivity contribution in [2.75, 3.05) is 26.2 Å². The number of nitrogens with one attached hydrogen (secondary N) is 1. The maximum absolute atomic E-state index is 12.3. The van der Waals surface area contributed by atoms with Gasteiger partial charge in [-0.2, -0.15) is 5.26 Å². The van der Waals surface area contributed by atoms with Gasteiger partial charge in [0, 0.05) is 38.3 Å². The van der Waals surface area contributed by atoms with Crippen LogP contribution in [-0.4, -0.2) is 53.5 Å². The van der Waals surface area contributed by atoms with E-state index < -0.39 is 0 Å². The van der Waals surface area contributed by atoms with Gasteiger partial charge in [0.1, 0.15) is 0 Å². The summed E-state index contributed by atoms with van der Waals surface area (Å²) in [4.78, 5) is 16.9. The highest BCUT2D eigenvalue weighted by Gasteiger charge is 2.27. The molecule has 0 bridgehead atoms. The van der Waals surface area contributed by atoms with Crippen LogP contribution in [0.5, 0.6) is 0 Å². The third-order valence-electron chi connectivity index (χ3n) is 4.32. The Bertz CT molecular complexity index is 589. The van der Waals surface area contributed by atoms with E-state index in [2.05, 4.69) is 21.2 Å². The number of carbonyl (C=O) groups is 1. The number of carbonyl (C=O) groups excluding carboxylic acids is 1. The first-order valence-electron chi connectivity index (χ1n) is 8.56. The number of nitrogens with zero attached hydrogens (tertiary/aromatic N) is 3. The lowest BCUT2D eigenvalue weighted by Gasteiger charge is -2.38. The van der Waals surface area contributed by atoms with E-state index in [4.69, 9.17) is 5.26 Å². The van der Waals surface area contributed by atoms with Crippen molar-refractivity contribution in [1.29, 1.82) is 5.26 Å². The Labute approximate surface area is 145 Å². The predicted molar refractivity (Wildman–Crippen MR) is 95.4 cm³/mol. The molecule has 5 nitrogen and oxygen atoms in total. The summed E-state index contributed by atoms with van der Waals surface area (Å²) in [6.07, 6.45) is 0. The predicted octanol–water partition coefficient (Wildman–Crippen LogP) is 1.98. The van der Waals surface area contributed by atoms with E-state index in [1.807, 2.05) is 52.0 Å². The maximum atomic E-state index is 12.3. The van der Waals surface area contributed by atoms with Crippen molar-refractivity contribution in [3.63, 3.8) is 0 Å². The van der Waals surface area contributed by atoms with Crippen molar-refractivity contribution in [2.45, 2.75) is 45.8 Å². The van der Waals surface area contributed by atoms with E-state index in [0.717, 1.165) is 32.7 Å². The average Bonchev–Trinajstić information content (AvgIpc) is 2.54. The lowest BCUT2D eigenvalue weighted by atomic mass is 10.1. The van der Waals surface area contributed by atoms with Gasteiger partial charge in [-0.25, -0.2) is 0 Å². The number of rotatable bonds is 4. The largest absolute Gasteiger partial charge is 0.350 e. The zero-order valence-electron chi connectivity index (χ0n) is 15.2. The average molecular weight is 328 g/mol. The van der Waals surface area contributed by atoms with Crippen molar-refractivity contribution >= 4 is 5.91 Å². The number of nitriles is 1. The number of hydrogen-bond donors (Lipinski definition) is 1. The van der Waals surface area contributed by atoms with Crippen LogP contribution in [0.2, 0.25) is 0 Å². The van der Waals surface area contributed by atoms with Crippen LogP contribution in [0.15, 0.2) is 24.3 Å². The lowest BCUT2D eigenvalue weighted by Crippen LogP contribution is -2.56. The van der Waals surface area contributed by atoms with Crippen LogP contribution in [0, 0.1) is 11.3 Å². The van der Waals surface area contributed by atoms with Crippen molar-refractivity contribution < 1.29 is 4.79 Å². The molecule has 130 valence electrons. The summed E-state index contributed by atoms with van der Waals surface area (Å²) >= 11 is 0. The molecular formula is C19H28N4O. The van der Waals surface area contributed by atoms with Crippen molar-refractivity contribution in [3.8, 4) is 6.07 Å². The minimum Gasteiger partial charge on any atom is -0.350 e. The van der Waals surface area contributed by atoms with Gasteiger partial charge >= 0.3 is 0 Å². The molecule has 1 unspecified atom stereocenters. The second-order valence-electron chi connectivity index (χ2n) is 7.54. The quantitative estimate of drug-likeness (QED) is 0.918. The number of hydrogen-bond acceptors (Lipinski definition) is 4. The van der Waals surface area contributed by atoms with Crippen LogP contribution < -0.4 is 5.32 Å². The van der Waals surface area contributed by atoms with E-state index in [-0.39, 0.29) is 17.5 Å². The van der Waals surface area contributed by atoms with E-state index in [0.29, 0.717) is 5.56 Å². The highest BCUT2D eigenvalue weighted by atomic mass is 16.2. The summed E-state index contributed by atoms with van der Waals surface area (Å²) in [7, 11) is 0. The summed E-state index contributed by atoms with van der Waals surface area (Å²) in [6, 6.07) is 9.82. The number of amides is 1. The molecule has 1 atom stereocenters. The first-order valence-corrected chi connectivity index (χ1v) is 8.56. The van der Waals surface area contributed by atoms with Crippen LogP contribution in [-0.2, 0) is 11.3 Å². The van der Waals surface area contributed by atoms with E-state index in [9.17, 15) is 4.79 Å². The fourth-order valence-corrected chi connectivity index (χ4v) is 2.89. The molecule has 1 aliphatic heterocycles. The second kappa shape index (κ2) is 7.78. The maximum Gasteiger partial charge on any atom is 0.237 e. The lowest BCUT2D eigenvalue weighted by molar-refractivity contribution is -0.128. The fraction of sp³-hybridized carbons (Fsp3) is 0.579. The minimum absolute atomic E-state index is 0.0960. The van der Waals surface area contributed by atoms with Gasteiger partial charge in [0.05, 0.1) is 17.7 Å². The highest BCUT2D eigenvalue weighted by Crippen LogP contribution is 2.12. The van der Waals surface area contributed by atoms with Crippen LogP contribution in [0.1, 0.15) is 38.8 Å². The van der Waals surface area contributed by atoms with Crippen molar-refractivity contribution in [3.05, 3.63) is 35.4 Å². The molecular weight excluding hydrogens is 300 g/mol. The van der Waals surface area contributed by atoms with Crippen LogP contribution in [0.3, 0.4) is 0 Å². The van der Waals surface area contributed by atoms with E-state index in [1.54, 1.807) is 0 Å². The first-order chi connectivity index (χ1) is 11.3. The van der Waals surface area contributed by atoms with Gasteiger partial charge in [0.25, 0.3) is 0 Å². The SMILES string of the molecule is CC(C(=O)NC(C)(C)C)N1CCN(Cc2ccc(C#N)cc2)CC1. The van der Waals surface area contributed by atoms with Gasteiger partial charge in [-0.1, -0.05) is 12.1 Å². The Morgan fingerprint density at radius 1 is 1.21 bits per heavy atom. The summed E-state index contributed by atoms with van der Waals surface area (Å²) in [5.41, 5.74) is 1.73. The monoisotopic (exact) mass is 328 g/mol. The Hall–Kier alpha value is -1.90. The molecule has 0 aromatic heterocycles. The summed E-state index contributed by atoms with van der Waals surface area (Å²) in [6.45, 7) is 12.6. The standard InChI is InChI=1S/C19H28N4O/c1-15(18(24)21-19(2,3)4)23-11-9-22(10-12-23)14-17-7-5-16(13-20)6-8-17/h5-8,15H,9-12,14H2,1-4H3,(H,21,24). The fourth-order valence-electron chi connectivity index (χ4n) is 2.89. The van der Waals surface area contributed by atoms with Gasteiger partial charge in [0.2, 0.25) is 5.91 Å². The Balaban J connectivity index is 1.82. The molecule has 1 fully saturated rings. The molecule has 1 N–H and O–H groups in total. The van der Waals surface area contributed by atoms with E-state index in [1.165, 1.54) is 5.56 Å². The molecule has 1 aromatic carbocycles. The van der Waals surface area contributed by atoms with Gasteiger partial charge in [-0.15, -0.1) is 0 Å². The molecule has 1 amide bonds. The third kappa shape index (κ3) is 5.33. The summed E-state index contributed by atoms with van der Waals surface area (Å²) < 4.78 is 0. The molecule has 1 aliphatic rings. The number of piperazine rings is 1. The molecule has 1 saturated heterocycles.